The van der Waals surface area contributed by atoms with E-state index in [2.05, 4.69) is 15.9 Å². The van der Waals surface area contributed by atoms with Crippen molar-refractivity contribution in [1.29, 1.82) is 0 Å². The molecule has 1 unspecified atom stereocenters. The summed E-state index contributed by atoms with van der Waals surface area (Å²) in [6.07, 6.45) is 0. The van der Waals surface area contributed by atoms with E-state index in [9.17, 15) is 8.42 Å². The summed E-state index contributed by atoms with van der Waals surface area (Å²) >= 11 is 3.31. The van der Waals surface area contributed by atoms with Crippen molar-refractivity contribution in [2.24, 2.45) is 5.73 Å². The smallest absolute Gasteiger partial charge is 0.184 e. The standard InChI is InChI=1S/C11H15BrN2O2S/c1-8-7-14(5-4-13)10-3-2-9(12)6-11(10)17(8,15)16/h2-3,6,8H,4-5,7,13H2,1H3. The Balaban J connectivity index is 2.59. The van der Waals surface area contributed by atoms with Crippen LogP contribution in [0.1, 0.15) is 6.92 Å². The summed E-state index contributed by atoms with van der Waals surface area (Å²) < 4.78 is 25.2. The van der Waals surface area contributed by atoms with E-state index < -0.39 is 15.1 Å². The van der Waals surface area contributed by atoms with E-state index in [0.717, 1.165) is 10.2 Å². The first-order valence-electron chi connectivity index (χ1n) is 5.45. The summed E-state index contributed by atoms with van der Waals surface area (Å²) in [5.41, 5.74) is 6.32. The third kappa shape index (κ3) is 2.21. The van der Waals surface area contributed by atoms with Gasteiger partial charge in [-0.1, -0.05) is 15.9 Å². The minimum absolute atomic E-state index is 0.393. The van der Waals surface area contributed by atoms with Gasteiger partial charge in [0.2, 0.25) is 0 Å². The van der Waals surface area contributed by atoms with E-state index in [4.69, 9.17) is 5.73 Å². The number of nitrogens with zero attached hydrogens (tertiary/aromatic N) is 1. The molecule has 0 amide bonds. The van der Waals surface area contributed by atoms with Crippen molar-refractivity contribution >= 4 is 31.5 Å². The molecule has 94 valence electrons. The van der Waals surface area contributed by atoms with Crippen molar-refractivity contribution in [1.82, 2.24) is 0 Å². The SMILES string of the molecule is CC1CN(CCN)c2ccc(Br)cc2S1(=O)=O. The first-order valence-corrected chi connectivity index (χ1v) is 7.79. The highest BCUT2D eigenvalue weighted by molar-refractivity contribution is 9.10. The summed E-state index contributed by atoms with van der Waals surface area (Å²) in [5, 5.41) is -0.393. The van der Waals surface area contributed by atoms with Gasteiger partial charge in [0.1, 0.15) is 0 Å². The van der Waals surface area contributed by atoms with Gasteiger partial charge in [0.15, 0.2) is 9.84 Å². The van der Waals surface area contributed by atoms with Gasteiger partial charge in [-0.15, -0.1) is 0 Å². The van der Waals surface area contributed by atoms with Gasteiger partial charge in [0, 0.05) is 24.1 Å². The zero-order chi connectivity index (χ0) is 12.6. The first-order chi connectivity index (χ1) is 7.96. The second-order valence-corrected chi connectivity index (χ2v) is 7.45. The molecule has 0 saturated carbocycles. The second-order valence-electron chi connectivity index (χ2n) is 4.20. The number of anilines is 1. The molecule has 0 aromatic heterocycles. The minimum atomic E-state index is -3.21. The summed E-state index contributed by atoms with van der Waals surface area (Å²) in [5.74, 6) is 0. The summed E-state index contributed by atoms with van der Waals surface area (Å²) in [7, 11) is -3.21. The van der Waals surface area contributed by atoms with Crippen molar-refractivity contribution in [3.8, 4) is 0 Å². The molecule has 1 atom stereocenters. The highest BCUT2D eigenvalue weighted by atomic mass is 79.9. The third-order valence-corrected chi connectivity index (χ3v) is 5.62. The molecule has 0 fully saturated rings. The van der Waals surface area contributed by atoms with Gasteiger partial charge < -0.3 is 10.6 Å². The number of sulfone groups is 1. The first kappa shape index (κ1) is 12.9. The average molecular weight is 319 g/mol. The van der Waals surface area contributed by atoms with Crippen LogP contribution in [0.25, 0.3) is 0 Å². The van der Waals surface area contributed by atoms with E-state index in [0.29, 0.717) is 24.5 Å². The highest BCUT2D eigenvalue weighted by Crippen LogP contribution is 2.35. The average Bonchev–Trinajstić information content (AvgIpc) is 2.26. The van der Waals surface area contributed by atoms with Crippen LogP contribution in [-0.2, 0) is 9.84 Å². The number of hydrogen-bond donors (Lipinski definition) is 1. The van der Waals surface area contributed by atoms with Crippen LogP contribution in [-0.4, -0.2) is 33.3 Å². The van der Waals surface area contributed by atoms with E-state index in [1.54, 1.807) is 13.0 Å². The van der Waals surface area contributed by atoms with Crippen LogP contribution in [0.2, 0.25) is 0 Å². The molecular weight excluding hydrogens is 304 g/mol. The molecule has 0 saturated heterocycles. The van der Waals surface area contributed by atoms with Gasteiger partial charge in [-0.3, -0.25) is 0 Å². The maximum atomic E-state index is 12.2. The lowest BCUT2D eigenvalue weighted by molar-refractivity contribution is 0.572. The molecular formula is C11H15BrN2O2S. The molecule has 0 spiro atoms. The molecule has 2 N–H and O–H groups in total. The predicted octanol–water partition coefficient (Wildman–Crippen LogP) is 1.39. The zero-order valence-electron chi connectivity index (χ0n) is 9.56. The van der Waals surface area contributed by atoms with E-state index >= 15 is 0 Å². The van der Waals surface area contributed by atoms with E-state index in [-0.39, 0.29) is 0 Å². The fourth-order valence-corrected chi connectivity index (χ4v) is 4.17. The Hall–Kier alpha value is -0.590. The van der Waals surface area contributed by atoms with Crippen LogP contribution >= 0.6 is 15.9 Å². The lowest BCUT2D eigenvalue weighted by Crippen LogP contribution is -2.43. The monoisotopic (exact) mass is 318 g/mol. The third-order valence-electron chi connectivity index (χ3n) is 2.98. The Bertz CT molecular complexity index is 530. The van der Waals surface area contributed by atoms with Crippen LogP contribution < -0.4 is 10.6 Å². The van der Waals surface area contributed by atoms with Crippen molar-refractivity contribution < 1.29 is 8.42 Å². The second kappa shape index (κ2) is 4.59. The van der Waals surface area contributed by atoms with E-state index in [1.807, 2.05) is 17.0 Å². The number of halogens is 1. The minimum Gasteiger partial charge on any atom is -0.368 e. The number of rotatable bonds is 2. The number of benzene rings is 1. The van der Waals surface area contributed by atoms with Gasteiger partial charge in [0.25, 0.3) is 0 Å². The summed E-state index contributed by atoms with van der Waals surface area (Å²) in [6, 6.07) is 5.36. The molecule has 1 aliphatic heterocycles. The molecule has 4 nitrogen and oxygen atoms in total. The number of hydrogen-bond acceptors (Lipinski definition) is 4. The Morgan fingerprint density at radius 3 is 2.88 bits per heavy atom. The molecule has 1 aromatic carbocycles. The Labute approximate surface area is 110 Å². The topological polar surface area (TPSA) is 63.4 Å². The van der Waals surface area contributed by atoms with Gasteiger partial charge in [0.05, 0.1) is 15.8 Å². The normalized spacial score (nSPS) is 22.3. The van der Waals surface area contributed by atoms with Gasteiger partial charge >= 0.3 is 0 Å². The molecule has 1 heterocycles. The van der Waals surface area contributed by atoms with Crippen LogP contribution in [0.5, 0.6) is 0 Å². The van der Waals surface area contributed by atoms with Gasteiger partial charge in [-0.05, 0) is 25.1 Å². The fourth-order valence-electron chi connectivity index (χ4n) is 2.07. The van der Waals surface area contributed by atoms with Crippen molar-refractivity contribution in [2.45, 2.75) is 17.1 Å². The van der Waals surface area contributed by atoms with Crippen LogP contribution in [0.15, 0.2) is 27.6 Å². The van der Waals surface area contributed by atoms with Crippen molar-refractivity contribution in [2.75, 3.05) is 24.5 Å². The fraction of sp³-hybridized carbons (Fsp3) is 0.455. The quantitative estimate of drug-likeness (QED) is 0.895. The molecule has 0 aliphatic carbocycles. The summed E-state index contributed by atoms with van der Waals surface area (Å²) in [4.78, 5) is 2.44. The highest BCUT2D eigenvalue weighted by Gasteiger charge is 2.34. The molecule has 6 heteroatoms. The summed E-state index contributed by atoms with van der Waals surface area (Å²) in [6.45, 7) is 3.44. The predicted molar refractivity (Wildman–Crippen MR) is 72.1 cm³/mol. The maximum Gasteiger partial charge on any atom is 0.184 e. The zero-order valence-corrected chi connectivity index (χ0v) is 12.0. The van der Waals surface area contributed by atoms with Crippen LogP contribution in [0.4, 0.5) is 5.69 Å². The lowest BCUT2D eigenvalue weighted by Gasteiger charge is -2.34. The molecule has 1 aromatic rings. The van der Waals surface area contributed by atoms with Crippen LogP contribution in [0.3, 0.4) is 0 Å². The lowest BCUT2D eigenvalue weighted by atomic mass is 10.2. The molecule has 0 radical (unpaired) electrons. The van der Waals surface area contributed by atoms with Crippen molar-refractivity contribution in [3.63, 3.8) is 0 Å². The van der Waals surface area contributed by atoms with Gasteiger partial charge in [-0.2, -0.15) is 0 Å². The molecule has 17 heavy (non-hydrogen) atoms. The Morgan fingerprint density at radius 1 is 1.53 bits per heavy atom. The molecule has 1 aliphatic rings. The largest absolute Gasteiger partial charge is 0.368 e. The molecule has 0 bridgehead atoms. The van der Waals surface area contributed by atoms with Gasteiger partial charge in [-0.25, -0.2) is 8.42 Å². The van der Waals surface area contributed by atoms with Crippen molar-refractivity contribution in [3.05, 3.63) is 22.7 Å². The molecule has 2 rings (SSSR count). The van der Waals surface area contributed by atoms with Crippen LogP contribution in [0, 0.1) is 0 Å². The Kier molecular flexibility index (Phi) is 3.47. The number of nitrogens with two attached hydrogens (primary N) is 1. The number of fused-ring (bicyclic) bond motifs is 1. The Morgan fingerprint density at radius 2 is 2.24 bits per heavy atom. The maximum absolute atomic E-state index is 12.2. The van der Waals surface area contributed by atoms with E-state index in [1.165, 1.54) is 0 Å².